The molecule has 0 aliphatic rings. The van der Waals surface area contributed by atoms with Crippen molar-refractivity contribution >= 4 is 11.5 Å². The number of aryl methyl sites for hydroxylation is 1. The van der Waals surface area contributed by atoms with E-state index in [1.807, 2.05) is 0 Å². The molecule has 2 rings (SSSR count). The monoisotopic (exact) mass is 309 g/mol. The van der Waals surface area contributed by atoms with Gasteiger partial charge in [0.1, 0.15) is 11.6 Å². The van der Waals surface area contributed by atoms with Crippen molar-refractivity contribution in [3.63, 3.8) is 0 Å². The summed E-state index contributed by atoms with van der Waals surface area (Å²) in [5.41, 5.74) is 6.16. The number of rotatable bonds is 2. The minimum Gasteiger partial charge on any atom is -0.507 e. The second kappa shape index (κ2) is 5.32. The molecule has 2 aromatic rings. The zero-order valence-electron chi connectivity index (χ0n) is 11.9. The number of anilines is 1. The van der Waals surface area contributed by atoms with Gasteiger partial charge in [-0.15, -0.1) is 0 Å². The Kier molecular flexibility index (Phi) is 3.83. The molecule has 22 heavy (non-hydrogen) atoms. The molecule has 0 aliphatic heterocycles. The zero-order valence-corrected chi connectivity index (χ0v) is 11.9. The number of benzene rings is 1. The Morgan fingerprint density at radius 2 is 1.91 bits per heavy atom. The van der Waals surface area contributed by atoms with Crippen LogP contribution in [0.25, 0.3) is 11.3 Å². The van der Waals surface area contributed by atoms with E-state index in [1.54, 1.807) is 13.0 Å². The Bertz CT molecular complexity index is 731. The number of phenolic OH excluding ortho intramolecular Hbond substituents is 1. The Balaban J connectivity index is 2.59. The topological polar surface area (TPSA) is 83.0 Å². The van der Waals surface area contributed by atoms with Gasteiger partial charge in [0.05, 0.1) is 11.3 Å². The molecule has 0 bridgehead atoms. The van der Waals surface area contributed by atoms with Gasteiger partial charge in [-0.1, -0.05) is 0 Å². The van der Waals surface area contributed by atoms with Crippen LogP contribution in [0.1, 0.15) is 23.6 Å². The molecule has 0 atom stereocenters. The first-order chi connectivity index (χ1) is 10.1. The number of phenols is 1. The van der Waals surface area contributed by atoms with Gasteiger partial charge in [-0.05, 0) is 43.7 Å². The fraction of sp³-hybridized carbons (Fsp3) is 0.200. The van der Waals surface area contributed by atoms with Crippen molar-refractivity contribution in [1.29, 1.82) is 5.41 Å². The molecule has 4 nitrogen and oxygen atoms in total. The summed E-state index contributed by atoms with van der Waals surface area (Å²) in [5, 5.41) is 17.5. The summed E-state index contributed by atoms with van der Waals surface area (Å²) >= 11 is 0. The average molecular weight is 309 g/mol. The molecular formula is C15H14F3N3O. The molecule has 4 N–H and O–H groups in total. The Morgan fingerprint density at radius 3 is 2.36 bits per heavy atom. The maximum absolute atomic E-state index is 12.7. The predicted octanol–water partition coefficient (Wildman–Crippen LogP) is 3.75. The van der Waals surface area contributed by atoms with E-state index in [-0.39, 0.29) is 28.4 Å². The summed E-state index contributed by atoms with van der Waals surface area (Å²) in [6.07, 6.45) is -4.53. The lowest BCUT2D eigenvalue weighted by Crippen LogP contribution is -2.06. The molecule has 1 aromatic heterocycles. The number of nitrogens with two attached hydrogens (primary N) is 1. The summed E-state index contributed by atoms with van der Waals surface area (Å²) in [6.45, 7) is 3.01. The van der Waals surface area contributed by atoms with Crippen LogP contribution in [0.3, 0.4) is 0 Å². The van der Waals surface area contributed by atoms with E-state index in [9.17, 15) is 18.3 Å². The molecule has 0 radical (unpaired) electrons. The molecule has 0 amide bonds. The molecule has 0 aliphatic carbocycles. The van der Waals surface area contributed by atoms with E-state index in [2.05, 4.69) is 4.98 Å². The van der Waals surface area contributed by atoms with E-state index in [0.717, 1.165) is 6.07 Å². The van der Waals surface area contributed by atoms with Gasteiger partial charge >= 0.3 is 6.18 Å². The third-order valence-electron chi connectivity index (χ3n) is 3.23. The minimum atomic E-state index is -4.53. The second-order valence-electron chi connectivity index (χ2n) is 4.94. The minimum absolute atomic E-state index is 0.0868. The lowest BCUT2D eigenvalue weighted by molar-refractivity contribution is -0.137. The van der Waals surface area contributed by atoms with Crippen LogP contribution in [0, 0.1) is 12.3 Å². The smallest absolute Gasteiger partial charge is 0.416 e. The lowest BCUT2D eigenvalue weighted by Gasteiger charge is -2.14. The molecule has 0 saturated heterocycles. The van der Waals surface area contributed by atoms with Gasteiger partial charge in [-0.25, -0.2) is 4.98 Å². The number of halogens is 3. The molecule has 1 heterocycles. The maximum atomic E-state index is 12.7. The van der Waals surface area contributed by atoms with Crippen LogP contribution in [0.5, 0.6) is 5.75 Å². The highest BCUT2D eigenvalue weighted by atomic mass is 19.4. The van der Waals surface area contributed by atoms with E-state index in [4.69, 9.17) is 11.1 Å². The van der Waals surface area contributed by atoms with E-state index < -0.39 is 17.5 Å². The number of nitrogens with zero attached hydrogens (tertiary/aromatic N) is 1. The SMILES string of the molecule is CC(=N)c1ccc(-c2c(C)cc(C(F)(F)F)cc2O)nc1N. The average Bonchev–Trinajstić information content (AvgIpc) is 2.36. The Morgan fingerprint density at radius 1 is 1.27 bits per heavy atom. The van der Waals surface area contributed by atoms with Crippen LogP contribution in [-0.2, 0) is 6.18 Å². The third-order valence-corrected chi connectivity index (χ3v) is 3.23. The summed E-state index contributed by atoms with van der Waals surface area (Å²) in [6, 6.07) is 4.67. The number of aromatic nitrogens is 1. The van der Waals surface area contributed by atoms with Crippen molar-refractivity contribution in [3.8, 4) is 17.0 Å². The van der Waals surface area contributed by atoms with Crippen LogP contribution in [0.2, 0.25) is 0 Å². The van der Waals surface area contributed by atoms with Crippen LogP contribution in [0.4, 0.5) is 19.0 Å². The van der Waals surface area contributed by atoms with Gasteiger partial charge in [0, 0.05) is 16.8 Å². The highest BCUT2D eigenvalue weighted by Gasteiger charge is 2.32. The Labute approximate surface area is 124 Å². The first-order valence-corrected chi connectivity index (χ1v) is 6.34. The quantitative estimate of drug-likeness (QED) is 0.739. The normalized spacial score (nSPS) is 11.5. The van der Waals surface area contributed by atoms with Crippen molar-refractivity contribution in [1.82, 2.24) is 4.98 Å². The van der Waals surface area contributed by atoms with Crippen LogP contribution in [0.15, 0.2) is 24.3 Å². The van der Waals surface area contributed by atoms with Gasteiger partial charge in [0.25, 0.3) is 0 Å². The predicted molar refractivity (Wildman–Crippen MR) is 78.0 cm³/mol. The molecule has 1 aromatic carbocycles. The van der Waals surface area contributed by atoms with Crippen molar-refractivity contribution in [2.24, 2.45) is 0 Å². The number of hydrogen-bond donors (Lipinski definition) is 3. The highest BCUT2D eigenvalue weighted by molar-refractivity contribution is 6.00. The van der Waals surface area contributed by atoms with Crippen molar-refractivity contribution in [2.75, 3.05) is 5.73 Å². The number of alkyl halides is 3. The van der Waals surface area contributed by atoms with Crippen molar-refractivity contribution in [2.45, 2.75) is 20.0 Å². The van der Waals surface area contributed by atoms with Gasteiger partial charge in [0.15, 0.2) is 0 Å². The summed E-state index contributed by atoms with van der Waals surface area (Å²) < 4.78 is 38.2. The Hall–Kier alpha value is -2.57. The van der Waals surface area contributed by atoms with Crippen molar-refractivity contribution in [3.05, 3.63) is 41.0 Å². The second-order valence-corrected chi connectivity index (χ2v) is 4.94. The van der Waals surface area contributed by atoms with Crippen LogP contribution >= 0.6 is 0 Å². The number of nitrogen functional groups attached to an aromatic ring is 1. The van der Waals surface area contributed by atoms with E-state index in [1.165, 1.54) is 13.0 Å². The first kappa shape index (κ1) is 15.8. The largest absolute Gasteiger partial charge is 0.507 e. The standard InChI is InChI=1S/C15H14F3N3O/c1-7-5-9(15(16,17)18)6-12(22)13(7)11-4-3-10(8(2)19)14(20)21-11/h3-6,19,22H,1-2H3,(H2,20,21). The molecule has 0 saturated carbocycles. The summed E-state index contributed by atoms with van der Waals surface area (Å²) in [7, 11) is 0. The fourth-order valence-electron chi connectivity index (χ4n) is 2.20. The zero-order chi connectivity index (χ0) is 16.7. The third kappa shape index (κ3) is 2.88. The summed E-state index contributed by atoms with van der Waals surface area (Å²) in [5.74, 6) is -0.428. The highest BCUT2D eigenvalue weighted by Crippen LogP contribution is 2.38. The summed E-state index contributed by atoms with van der Waals surface area (Å²) in [4.78, 5) is 4.07. The maximum Gasteiger partial charge on any atom is 0.416 e. The number of nitrogens with one attached hydrogen (secondary N) is 1. The molecular weight excluding hydrogens is 295 g/mol. The fourth-order valence-corrected chi connectivity index (χ4v) is 2.20. The molecule has 116 valence electrons. The van der Waals surface area contributed by atoms with Crippen LogP contribution in [-0.4, -0.2) is 15.8 Å². The molecule has 7 heteroatoms. The van der Waals surface area contributed by atoms with Gasteiger partial charge in [-0.2, -0.15) is 13.2 Å². The van der Waals surface area contributed by atoms with Crippen LogP contribution < -0.4 is 5.73 Å². The van der Waals surface area contributed by atoms with Gasteiger partial charge < -0.3 is 16.2 Å². The molecule has 0 fully saturated rings. The first-order valence-electron chi connectivity index (χ1n) is 6.34. The lowest BCUT2D eigenvalue weighted by atomic mass is 9.99. The van der Waals surface area contributed by atoms with Gasteiger partial charge in [0.2, 0.25) is 0 Å². The van der Waals surface area contributed by atoms with Gasteiger partial charge in [-0.3, -0.25) is 0 Å². The van der Waals surface area contributed by atoms with Crippen molar-refractivity contribution < 1.29 is 18.3 Å². The number of pyridine rings is 1. The number of hydrogen-bond acceptors (Lipinski definition) is 4. The molecule has 0 unspecified atom stereocenters. The van der Waals surface area contributed by atoms with E-state index in [0.29, 0.717) is 11.6 Å². The van der Waals surface area contributed by atoms with E-state index >= 15 is 0 Å². The number of aromatic hydroxyl groups is 1. The molecule has 0 spiro atoms.